The Kier molecular flexibility index (Phi) is 4.09. The Morgan fingerprint density at radius 3 is 2.28 bits per heavy atom. The molecule has 0 fully saturated rings. The summed E-state index contributed by atoms with van der Waals surface area (Å²) in [4.78, 5) is 13.0. The quantitative estimate of drug-likeness (QED) is 0.896. The predicted molar refractivity (Wildman–Crippen MR) is 76.4 cm³/mol. The molecule has 0 amide bonds. The molecular weight excluding hydrogens is 312 g/mol. The molecule has 0 radical (unpaired) electrons. The highest BCUT2D eigenvalue weighted by atomic mass is 79.9. The van der Waals surface area contributed by atoms with Crippen LogP contribution in [0.4, 0.5) is 0 Å². The Morgan fingerprint density at radius 1 is 1.11 bits per heavy atom. The summed E-state index contributed by atoms with van der Waals surface area (Å²) in [6.07, 6.45) is 0. The number of hydrogen-bond acceptors (Lipinski definition) is 2. The van der Waals surface area contributed by atoms with Gasteiger partial charge in [0.25, 0.3) is 0 Å². The van der Waals surface area contributed by atoms with Gasteiger partial charge in [0.05, 0.1) is 5.56 Å². The van der Waals surface area contributed by atoms with E-state index in [1.54, 1.807) is 17.8 Å². The summed E-state index contributed by atoms with van der Waals surface area (Å²) in [5, 5.41) is 8.94. The van der Waals surface area contributed by atoms with Crippen molar-refractivity contribution >= 4 is 33.7 Å². The summed E-state index contributed by atoms with van der Waals surface area (Å²) in [7, 11) is 0. The second-order valence-electron chi connectivity index (χ2n) is 3.86. The zero-order chi connectivity index (χ0) is 13.1. The molecule has 0 unspecified atom stereocenters. The number of aromatic carboxylic acids is 1. The molecular formula is C14H11BrO2S. The fourth-order valence-corrected chi connectivity index (χ4v) is 3.03. The zero-order valence-corrected chi connectivity index (χ0v) is 12.1. The van der Waals surface area contributed by atoms with E-state index < -0.39 is 5.97 Å². The molecule has 0 saturated carbocycles. The highest BCUT2D eigenvalue weighted by Gasteiger charge is 2.08. The van der Waals surface area contributed by atoms with Gasteiger partial charge in [0, 0.05) is 14.3 Å². The van der Waals surface area contributed by atoms with Gasteiger partial charge in [-0.25, -0.2) is 4.79 Å². The first-order chi connectivity index (χ1) is 8.56. The van der Waals surface area contributed by atoms with Crippen molar-refractivity contribution in [3.8, 4) is 0 Å². The molecule has 4 heteroatoms. The van der Waals surface area contributed by atoms with Gasteiger partial charge in [-0.05, 0) is 53.2 Å². The lowest BCUT2D eigenvalue weighted by molar-refractivity contribution is 0.0696. The van der Waals surface area contributed by atoms with Crippen LogP contribution in [-0.4, -0.2) is 11.1 Å². The van der Waals surface area contributed by atoms with Crippen molar-refractivity contribution < 1.29 is 9.90 Å². The van der Waals surface area contributed by atoms with E-state index in [4.69, 9.17) is 5.11 Å². The number of carboxylic acid groups (broad SMARTS) is 1. The Balaban J connectivity index is 2.22. The zero-order valence-electron chi connectivity index (χ0n) is 9.68. The van der Waals surface area contributed by atoms with Crippen LogP contribution in [0.15, 0.2) is 56.7 Å². The van der Waals surface area contributed by atoms with Gasteiger partial charge in [-0.3, -0.25) is 0 Å². The fourth-order valence-electron chi connectivity index (χ4n) is 1.48. The average molecular weight is 323 g/mol. The third kappa shape index (κ3) is 3.15. The van der Waals surface area contributed by atoms with Crippen LogP contribution in [0.2, 0.25) is 0 Å². The number of hydrogen-bond donors (Lipinski definition) is 1. The summed E-state index contributed by atoms with van der Waals surface area (Å²) in [5.74, 6) is -0.922. The maximum absolute atomic E-state index is 10.9. The maximum atomic E-state index is 10.9. The molecule has 0 heterocycles. The van der Waals surface area contributed by atoms with Crippen molar-refractivity contribution in [1.82, 2.24) is 0 Å². The van der Waals surface area contributed by atoms with Crippen molar-refractivity contribution in [3.05, 3.63) is 58.1 Å². The molecule has 2 nitrogen and oxygen atoms in total. The molecule has 0 atom stereocenters. The monoisotopic (exact) mass is 322 g/mol. The molecule has 0 saturated heterocycles. The Hall–Kier alpha value is -1.26. The second-order valence-corrected chi connectivity index (χ2v) is 5.86. The molecule has 1 N–H and O–H groups in total. The Labute approximate surface area is 118 Å². The van der Waals surface area contributed by atoms with E-state index in [1.165, 1.54) is 5.56 Å². The van der Waals surface area contributed by atoms with Crippen LogP contribution in [0.25, 0.3) is 0 Å². The third-order valence-electron chi connectivity index (χ3n) is 2.43. The summed E-state index contributed by atoms with van der Waals surface area (Å²) in [6.45, 7) is 2.05. The van der Waals surface area contributed by atoms with E-state index >= 15 is 0 Å². The maximum Gasteiger partial charge on any atom is 0.336 e. The lowest BCUT2D eigenvalue weighted by Gasteiger charge is -2.05. The number of carbonyl (C=O) groups is 1. The minimum Gasteiger partial charge on any atom is -0.478 e. The van der Waals surface area contributed by atoms with Crippen LogP contribution < -0.4 is 0 Å². The molecule has 2 aromatic carbocycles. The highest BCUT2D eigenvalue weighted by molar-refractivity contribution is 9.10. The van der Waals surface area contributed by atoms with Crippen molar-refractivity contribution in [2.45, 2.75) is 16.7 Å². The molecule has 0 spiro atoms. The Bertz CT molecular complexity index is 579. The number of carboxylic acids is 1. The number of rotatable bonds is 3. The van der Waals surface area contributed by atoms with E-state index in [-0.39, 0.29) is 5.56 Å². The summed E-state index contributed by atoms with van der Waals surface area (Å²) in [6, 6.07) is 13.5. The van der Waals surface area contributed by atoms with Crippen LogP contribution in [-0.2, 0) is 0 Å². The van der Waals surface area contributed by atoms with Crippen molar-refractivity contribution in [1.29, 1.82) is 0 Å². The summed E-state index contributed by atoms with van der Waals surface area (Å²) >= 11 is 4.89. The molecule has 0 aliphatic rings. The first-order valence-corrected chi connectivity index (χ1v) is 6.94. The molecule has 2 aromatic rings. The van der Waals surface area contributed by atoms with Gasteiger partial charge in [-0.1, -0.05) is 29.5 Å². The number of benzene rings is 2. The minimum atomic E-state index is -0.922. The molecule has 0 aromatic heterocycles. The van der Waals surface area contributed by atoms with Gasteiger partial charge in [-0.2, -0.15) is 0 Å². The normalized spacial score (nSPS) is 10.3. The van der Waals surface area contributed by atoms with Crippen LogP contribution in [0, 0.1) is 6.92 Å². The van der Waals surface area contributed by atoms with Crippen molar-refractivity contribution in [2.75, 3.05) is 0 Å². The lowest BCUT2D eigenvalue weighted by Crippen LogP contribution is -1.96. The van der Waals surface area contributed by atoms with Gasteiger partial charge in [0.2, 0.25) is 0 Å². The largest absolute Gasteiger partial charge is 0.478 e. The van der Waals surface area contributed by atoms with Crippen LogP contribution in [0.3, 0.4) is 0 Å². The van der Waals surface area contributed by atoms with E-state index in [2.05, 4.69) is 40.2 Å². The van der Waals surface area contributed by atoms with E-state index in [0.29, 0.717) is 4.47 Å². The highest BCUT2D eigenvalue weighted by Crippen LogP contribution is 2.31. The predicted octanol–water partition coefficient (Wildman–Crippen LogP) is 4.61. The van der Waals surface area contributed by atoms with Crippen LogP contribution in [0.5, 0.6) is 0 Å². The molecule has 0 aliphatic carbocycles. The number of aryl methyl sites for hydroxylation is 1. The minimum absolute atomic E-state index is 0.281. The molecule has 18 heavy (non-hydrogen) atoms. The van der Waals surface area contributed by atoms with E-state index in [9.17, 15) is 4.79 Å². The van der Waals surface area contributed by atoms with Crippen molar-refractivity contribution in [3.63, 3.8) is 0 Å². The molecule has 2 rings (SSSR count). The summed E-state index contributed by atoms with van der Waals surface area (Å²) in [5.41, 5.74) is 1.50. The topological polar surface area (TPSA) is 37.3 Å². The van der Waals surface area contributed by atoms with Gasteiger partial charge in [0.1, 0.15) is 0 Å². The van der Waals surface area contributed by atoms with Gasteiger partial charge in [0.15, 0.2) is 0 Å². The first kappa shape index (κ1) is 13.2. The molecule has 0 aliphatic heterocycles. The van der Waals surface area contributed by atoms with E-state index in [1.807, 2.05) is 19.1 Å². The van der Waals surface area contributed by atoms with Crippen LogP contribution in [0.1, 0.15) is 15.9 Å². The molecule has 92 valence electrons. The third-order valence-corrected chi connectivity index (χ3v) is 4.08. The lowest BCUT2D eigenvalue weighted by atomic mass is 10.2. The van der Waals surface area contributed by atoms with Gasteiger partial charge in [-0.15, -0.1) is 0 Å². The standard InChI is InChI=1S/C14H11BrO2S/c1-9-2-4-10(5-3-9)18-11-6-7-12(14(16)17)13(15)8-11/h2-8H,1H3,(H,16,17). The summed E-state index contributed by atoms with van der Waals surface area (Å²) < 4.78 is 0.604. The average Bonchev–Trinajstić information content (AvgIpc) is 2.32. The SMILES string of the molecule is Cc1ccc(Sc2ccc(C(=O)O)c(Br)c2)cc1. The van der Waals surface area contributed by atoms with Crippen LogP contribution >= 0.6 is 27.7 Å². The smallest absolute Gasteiger partial charge is 0.336 e. The Morgan fingerprint density at radius 2 is 1.72 bits per heavy atom. The fraction of sp³-hybridized carbons (Fsp3) is 0.0714. The first-order valence-electron chi connectivity index (χ1n) is 5.33. The van der Waals surface area contributed by atoms with Gasteiger partial charge >= 0.3 is 5.97 Å². The van der Waals surface area contributed by atoms with Crippen molar-refractivity contribution in [2.24, 2.45) is 0 Å². The number of halogens is 1. The second kappa shape index (κ2) is 5.59. The van der Waals surface area contributed by atoms with Gasteiger partial charge < -0.3 is 5.11 Å². The van der Waals surface area contributed by atoms with E-state index in [0.717, 1.165) is 9.79 Å². The molecule has 0 bridgehead atoms.